The molecule has 1 unspecified atom stereocenters. The van der Waals surface area contributed by atoms with Crippen LogP contribution in [0.25, 0.3) is 0 Å². The van der Waals surface area contributed by atoms with Crippen LogP contribution in [0.5, 0.6) is 0 Å². The van der Waals surface area contributed by atoms with Crippen molar-refractivity contribution in [3.05, 3.63) is 70.3 Å². The van der Waals surface area contributed by atoms with Gasteiger partial charge >= 0.3 is 0 Å². The van der Waals surface area contributed by atoms with Gasteiger partial charge in [-0.25, -0.2) is 0 Å². The van der Waals surface area contributed by atoms with Crippen molar-refractivity contribution < 1.29 is 0 Å². The Balaban J connectivity index is 2.36. The maximum Gasteiger partial charge on any atom is 0.0835 e. The van der Waals surface area contributed by atoms with Crippen molar-refractivity contribution in [1.29, 1.82) is 0 Å². The highest BCUT2D eigenvalue weighted by Crippen LogP contribution is 2.30. The highest BCUT2D eigenvalue weighted by Gasteiger charge is 2.12. The summed E-state index contributed by atoms with van der Waals surface area (Å²) in [6.45, 7) is 6.51. The molecule has 0 saturated carbocycles. The van der Waals surface area contributed by atoms with Gasteiger partial charge < -0.3 is 0 Å². The molecule has 0 aliphatic heterocycles. The summed E-state index contributed by atoms with van der Waals surface area (Å²) in [4.78, 5) is 0. The van der Waals surface area contributed by atoms with E-state index in [1.807, 2.05) is 0 Å². The largest absolute Gasteiger partial charge is 0.113 e. The third-order valence-electron chi connectivity index (χ3n) is 3.62. The Bertz CT molecular complexity index is 557. The van der Waals surface area contributed by atoms with Crippen LogP contribution in [0.3, 0.4) is 0 Å². The van der Waals surface area contributed by atoms with Gasteiger partial charge in [0, 0.05) is 0 Å². The Labute approximate surface area is 121 Å². The van der Waals surface area contributed by atoms with Crippen LogP contribution in [-0.4, -0.2) is 0 Å². The summed E-state index contributed by atoms with van der Waals surface area (Å²) in [6.07, 6.45) is 2.15. The normalized spacial score (nSPS) is 12.4. The van der Waals surface area contributed by atoms with Crippen molar-refractivity contribution in [2.75, 3.05) is 0 Å². The van der Waals surface area contributed by atoms with Crippen LogP contribution in [0.4, 0.5) is 0 Å². The number of alkyl halides is 1. The fraction of sp³-hybridized carbons (Fsp3) is 0.333. The van der Waals surface area contributed by atoms with Crippen molar-refractivity contribution in [1.82, 2.24) is 0 Å². The van der Waals surface area contributed by atoms with Gasteiger partial charge in [-0.15, -0.1) is 11.6 Å². The first kappa shape index (κ1) is 14.1. The van der Waals surface area contributed by atoms with Gasteiger partial charge in [-0.05, 0) is 42.0 Å². The molecule has 0 aliphatic carbocycles. The zero-order valence-corrected chi connectivity index (χ0v) is 12.7. The lowest BCUT2D eigenvalue weighted by Crippen LogP contribution is -1.98. The van der Waals surface area contributed by atoms with Crippen LogP contribution in [0.1, 0.15) is 47.0 Å². The minimum atomic E-state index is -0.0592. The second-order valence-electron chi connectivity index (χ2n) is 5.01. The molecular formula is C18H21Cl. The molecule has 100 valence electrons. The summed E-state index contributed by atoms with van der Waals surface area (Å²) >= 11 is 6.63. The number of hydrogen-bond donors (Lipinski definition) is 0. The van der Waals surface area contributed by atoms with E-state index in [1.165, 1.54) is 27.8 Å². The summed E-state index contributed by atoms with van der Waals surface area (Å²) in [5.74, 6) is 0. The average Bonchev–Trinajstić information content (AvgIpc) is 2.45. The molecule has 0 N–H and O–H groups in total. The zero-order chi connectivity index (χ0) is 13.8. The Morgan fingerprint density at radius 1 is 0.895 bits per heavy atom. The minimum absolute atomic E-state index is 0.0592. The molecule has 0 fully saturated rings. The zero-order valence-electron chi connectivity index (χ0n) is 11.9. The van der Waals surface area contributed by atoms with Crippen LogP contribution in [0.2, 0.25) is 0 Å². The summed E-state index contributed by atoms with van der Waals surface area (Å²) in [7, 11) is 0. The molecule has 2 rings (SSSR count). The molecule has 0 amide bonds. The van der Waals surface area contributed by atoms with Crippen molar-refractivity contribution in [3.63, 3.8) is 0 Å². The van der Waals surface area contributed by atoms with Gasteiger partial charge in [0.1, 0.15) is 0 Å². The first-order valence-corrected chi connectivity index (χ1v) is 7.41. The smallest absolute Gasteiger partial charge is 0.0835 e. The van der Waals surface area contributed by atoms with E-state index in [1.54, 1.807) is 0 Å². The van der Waals surface area contributed by atoms with Gasteiger partial charge in [0.2, 0.25) is 0 Å². The standard InChI is InChI=1S/C18H21Cl/c1-4-14-9-10-17(12-15(14)5-2)18(19)16-8-6-7-13(3)11-16/h6-12,18H,4-5H2,1-3H3. The molecule has 1 atom stereocenters. The number of halogens is 1. The predicted molar refractivity (Wildman–Crippen MR) is 84.1 cm³/mol. The van der Waals surface area contributed by atoms with Gasteiger partial charge in [0.05, 0.1) is 5.38 Å². The third kappa shape index (κ3) is 3.19. The lowest BCUT2D eigenvalue weighted by atomic mass is 9.96. The fourth-order valence-electron chi connectivity index (χ4n) is 2.50. The number of rotatable bonds is 4. The minimum Gasteiger partial charge on any atom is -0.113 e. The van der Waals surface area contributed by atoms with Crippen molar-refractivity contribution in [2.24, 2.45) is 0 Å². The maximum atomic E-state index is 6.63. The van der Waals surface area contributed by atoms with E-state index >= 15 is 0 Å². The van der Waals surface area contributed by atoms with Gasteiger partial charge in [-0.1, -0.05) is 61.9 Å². The lowest BCUT2D eigenvalue weighted by molar-refractivity contribution is 1.02. The van der Waals surface area contributed by atoms with E-state index in [4.69, 9.17) is 11.6 Å². The molecule has 0 aliphatic rings. The second kappa shape index (κ2) is 6.25. The molecule has 1 heteroatoms. The van der Waals surface area contributed by atoms with Crippen LogP contribution >= 0.6 is 11.6 Å². The molecule has 0 spiro atoms. The van der Waals surface area contributed by atoms with E-state index in [-0.39, 0.29) is 5.38 Å². The van der Waals surface area contributed by atoms with E-state index < -0.39 is 0 Å². The summed E-state index contributed by atoms with van der Waals surface area (Å²) in [5.41, 5.74) is 6.47. The van der Waals surface area contributed by atoms with Crippen molar-refractivity contribution >= 4 is 11.6 Å². The Hall–Kier alpha value is -1.27. The number of benzene rings is 2. The highest BCUT2D eigenvalue weighted by atomic mass is 35.5. The first-order chi connectivity index (χ1) is 9.15. The Morgan fingerprint density at radius 3 is 2.21 bits per heavy atom. The molecule has 2 aromatic carbocycles. The van der Waals surface area contributed by atoms with E-state index in [2.05, 4.69) is 63.2 Å². The maximum absolute atomic E-state index is 6.63. The van der Waals surface area contributed by atoms with Gasteiger partial charge in [-0.2, -0.15) is 0 Å². The molecule has 2 aromatic rings. The monoisotopic (exact) mass is 272 g/mol. The van der Waals surface area contributed by atoms with Gasteiger partial charge in [0.25, 0.3) is 0 Å². The summed E-state index contributed by atoms with van der Waals surface area (Å²) in [5, 5.41) is -0.0592. The van der Waals surface area contributed by atoms with Crippen LogP contribution in [0, 0.1) is 6.92 Å². The molecule has 19 heavy (non-hydrogen) atoms. The lowest BCUT2D eigenvalue weighted by Gasteiger charge is -2.14. The Kier molecular flexibility index (Phi) is 4.66. The van der Waals surface area contributed by atoms with Crippen LogP contribution < -0.4 is 0 Å². The first-order valence-electron chi connectivity index (χ1n) is 6.98. The predicted octanol–water partition coefficient (Wildman–Crippen LogP) is 5.45. The van der Waals surface area contributed by atoms with E-state index in [9.17, 15) is 0 Å². The molecular weight excluding hydrogens is 252 g/mol. The number of hydrogen-bond acceptors (Lipinski definition) is 0. The van der Waals surface area contributed by atoms with E-state index in [0.29, 0.717) is 0 Å². The quantitative estimate of drug-likeness (QED) is 0.650. The summed E-state index contributed by atoms with van der Waals surface area (Å²) in [6, 6.07) is 15.1. The SMILES string of the molecule is CCc1ccc(C(Cl)c2cccc(C)c2)cc1CC. The average molecular weight is 273 g/mol. The third-order valence-corrected chi connectivity index (χ3v) is 4.12. The molecule has 0 heterocycles. The van der Waals surface area contributed by atoms with Crippen LogP contribution in [0.15, 0.2) is 42.5 Å². The molecule has 0 saturated heterocycles. The molecule has 0 radical (unpaired) electrons. The molecule has 0 nitrogen and oxygen atoms in total. The molecule has 0 bridgehead atoms. The highest BCUT2D eigenvalue weighted by molar-refractivity contribution is 6.22. The fourth-order valence-corrected chi connectivity index (χ4v) is 2.77. The Morgan fingerprint density at radius 2 is 1.58 bits per heavy atom. The number of aryl methyl sites for hydroxylation is 3. The van der Waals surface area contributed by atoms with Crippen LogP contribution in [-0.2, 0) is 12.8 Å². The van der Waals surface area contributed by atoms with E-state index in [0.717, 1.165) is 12.8 Å². The topological polar surface area (TPSA) is 0 Å². The summed E-state index contributed by atoms with van der Waals surface area (Å²) < 4.78 is 0. The van der Waals surface area contributed by atoms with Crippen molar-refractivity contribution in [3.8, 4) is 0 Å². The van der Waals surface area contributed by atoms with Crippen molar-refractivity contribution in [2.45, 2.75) is 39.0 Å². The van der Waals surface area contributed by atoms with Gasteiger partial charge in [0.15, 0.2) is 0 Å². The molecule has 0 aromatic heterocycles. The van der Waals surface area contributed by atoms with Gasteiger partial charge in [-0.3, -0.25) is 0 Å². The second-order valence-corrected chi connectivity index (χ2v) is 5.45.